The van der Waals surface area contributed by atoms with Crippen molar-refractivity contribution in [1.29, 1.82) is 0 Å². The predicted octanol–water partition coefficient (Wildman–Crippen LogP) is 3.70. The molecule has 1 amide bonds. The van der Waals surface area contributed by atoms with E-state index in [0.29, 0.717) is 22.7 Å². The number of rotatable bonds is 5. The average Bonchev–Trinajstić information content (AvgIpc) is 2.99. The van der Waals surface area contributed by atoms with E-state index in [1.54, 1.807) is 12.1 Å². The Bertz CT molecular complexity index is 789. The molecule has 0 atom stereocenters. The molecule has 0 saturated heterocycles. The van der Waals surface area contributed by atoms with Crippen LogP contribution < -0.4 is 5.32 Å². The summed E-state index contributed by atoms with van der Waals surface area (Å²) in [5.74, 6) is 0.644. The summed E-state index contributed by atoms with van der Waals surface area (Å²) < 4.78 is 21.1. The van der Waals surface area contributed by atoms with Gasteiger partial charge in [-0.05, 0) is 29.8 Å². The van der Waals surface area contributed by atoms with Gasteiger partial charge in [-0.25, -0.2) is 4.39 Å². The summed E-state index contributed by atoms with van der Waals surface area (Å²) in [7, 11) is 0. The summed E-state index contributed by atoms with van der Waals surface area (Å²) in [5.41, 5.74) is 3.16. The number of nitrogens with one attached hydrogen (secondary N) is 1. The van der Waals surface area contributed by atoms with Gasteiger partial charge in [0.05, 0.1) is 23.2 Å². The molecule has 1 heterocycles. The van der Waals surface area contributed by atoms with Crippen molar-refractivity contribution in [2.24, 2.45) is 0 Å². The number of fused-ring (bicyclic) bond motifs is 1. The standard InChI is InChI=1S/C15H12FN3OS2/c16-11-6-4-10(5-7-11)8-21-9-14(20)17-12-2-1-3-13-15(12)19-22-18-13/h1-7H,8-9H2,(H,17,20). The Morgan fingerprint density at radius 2 is 2.00 bits per heavy atom. The van der Waals surface area contributed by atoms with E-state index in [1.807, 2.05) is 18.2 Å². The Hall–Kier alpha value is -1.99. The van der Waals surface area contributed by atoms with Gasteiger partial charge in [0.1, 0.15) is 16.9 Å². The Morgan fingerprint density at radius 3 is 2.82 bits per heavy atom. The number of anilines is 1. The van der Waals surface area contributed by atoms with Crippen LogP contribution in [0.25, 0.3) is 11.0 Å². The Labute approximate surface area is 135 Å². The largest absolute Gasteiger partial charge is 0.323 e. The normalized spacial score (nSPS) is 10.8. The van der Waals surface area contributed by atoms with E-state index in [9.17, 15) is 9.18 Å². The molecule has 0 radical (unpaired) electrons. The maximum atomic E-state index is 12.8. The number of carbonyl (C=O) groups excluding carboxylic acids is 1. The van der Waals surface area contributed by atoms with Crippen LogP contribution in [0.3, 0.4) is 0 Å². The highest BCUT2D eigenvalue weighted by Crippen LogP contribution is 2.21. The number of halogens is 1. The smallest absolute Gasteiger partial charge is 0.234 e. The molecule has 0 bridgehead atoms. The molecule has 112 valence electrons. The van der Waals surface area contributed by atoms with Crippen molar-refractivity contribution in [2.75, 3.05) is 11.1 Å². The molecular weight excluding hydrogens is 321 g/mol. The number of amides is 1. The first-order valence-corrected chi connectivity index (χ1v) is 8.44. The number of hydrogen-bond donors (Lipinski definition) is 1. The van der Waals surface area contributed by atoms with Crippen LogP contribution >= 0.6 is 23.5 Å². The maximum Gasteiger partial charge on any atom is 0.234 e. The van der Waals surface area contributed by atoms with Crippen LogP contribution in [0, 0.1) is 5.82 Å². The third-order valence-corrected chi connectivity index (χ3v) is 4.52. The molecule has 1 N–H and O–H groups in total. The van der Waals surface area contributed by atoms with Gasteiger partial charge in [0, 0.05) is 5.75 Å². The lowest BCUT2D eigenvalue weighted by Crippen LogP contribution is -2.14. The molecule has 3 aromatic rings. The maximum absolute atomic E-state index is 12.8. The van der Waals surface area contributed by atoms with Gasteiger partial charge in [-0.15, -0.1) is 11.8 Å². The summed E-state index contributed by atoms with van der Waals surface area (Å²) >= 11 is 2.60. The molecule has 0 saturated carbocycles. The van der Waals surface area contributed by atoms with Crippen LogP contribution in [0.2, 0.25) is 0 Å². The van der Waals surface area contributed by atoms with Crippen LogP contribution in [0.15, 0.2) is 42.5 Å². The monoisotopic (exact) mass is 333 g/mol. The van der Waals surface area contributed by atoms with E-state index in [1.165, 1.54) is 23.9 Å². The summed E-state index contributed by atoms with van der Waals surface area (Å²) in [5, 5.41) is 2.85. The van der Waals surface area contributed by atoms with Crippen LogP contribution in [0.1, 0.15) is 5.56 Å². The molecule has 22 heavy (non-hydrogen) atoms. The zero-order valence-corrected chi connectivity index (χ0v) is 13.1. The average molecular weight is 333 g/mol. The Kier molecular flexibility index (Phi) is 4.65. The first-order valence-electron chi connectivity index (χ1n) is 6.56. The number of aromatic nitrogens is 2. The zero-order valence-electron chi connectivity index (χ0n) is 11.5. The van der Waals surface area contributed by atoms with Crippen LogP contribution in [0.4, 0.5) is 10.1 Å². The lowest BCUT2D eigenvalue weighted by atomic mass is 10.2. The minimum Gasteiger partial charge on any atom is -0.323 e. The van der Waals surface area contributed by atoms with Crippen molar-refractivity contribution >= 4 is 46.1 Å². The quantitative estimate of drug-likeness (QED) is 0.773. The summed E-state index contributed by atoms with van der Waals surface area (Å²) in [6.07, 6.45) is 0. The summed E-state index contributed by atoms with van der Waals surface area (Å²) in [6.45, 7) is 0. The second-order valence-electron chi connectivity index (χ2n) is 4.60. The van der Waals surface area contributed by atoms with E-state index < -0.39 is 0 Å². The number of thioether (sulfide) groups is 1. The topological polar surface area (TPSA) is 54.9 Å². The highest BCUT2D eigenvalue weighted by atomic mass is 32.2. The van der Waals surface area contributed by atoms with E-state index in [0.717, 1.165) is 22.8 Å². The molecule has 0 aliphatic heterocycles. The van der Waals surface area contributed by atoms with Crippen molar-refractivity contribution in [3.05, 3.63) is 53.8 Å². The zero-order chi connectivity index (χ0) is 15.4. The SMILES string of the molecule is O=C(CSCc1ccc(F)cc1)Nc1cccc2nsnc12. The van der Waals surface area contributed by atoms with Crippen LogP contribution in [-0.2, 0) is 10.5 Å². The van der Waals surface area contributed by atoms with Gasteiger partial charge in [0.2, 0.25) is 5.91 Å². The van der Waals surface area contributed by atoms with Crippen molar-refractivity contribution in [3.8, 4) is 0 Å². The highest BCUT2D eigenvalue weighted by molar-refractivity contribution is 7.99. The molecular formula is C15H12FN3OS2. The lowest BCUT2D eigenvalue weighted by molar-refractivity contribution is -0.113. The van der Waals surface area contributed by atoms with Crippen molar-refractivity contribution < 1.29 is 9.18 Å². The summed E-state index contributed by atoms with van der Waals surface area (Å²) in [6, 6.07) is 11.8. The number of carbonyl (C=O) groups is 1. The van der Waals surface area contributed by atoms with Gasteiger partial charge in [-0.3, -0.25) is 4.79 Å². The molecule has 0 unspecified atom stereocenters. The second kappa shape index (κ2) is 6.85. The minimum absolute atomic E-state index is 0.0902. The minimum atomic E-state index is -0.253. The van der Waals surface area contributed by atoms with Gasteiger partial charge < -0.3 is 5.32 Å². The van der Waals surface area contributed by atoms with Gasteiger partial charge >= 0.3 is 0 Å². The van der Waals surface area contributed by atoms with Crippen molar-refractivity contribution in [3.63, 3.8) is 0 Å². The first-order chi connectivity index (χ1) is 10.7. The van der Waals surface area contributed by atoms with Gasteiger partial charge in [-0.2, -0.15) is 8.75 Å². The molecule has 0 fully saturated rings. The number of hydrogen-bond acceptors (Lipinski definition) is 5. The fourth-order valence-electron chi connectivity index (χ4n) is 1.94. The molecule has 4 nitrogen and oxygen atoms in total. The first kappa shape index (κ1) is 14.9. The van der Waals surface area contributed by atoms with Gasteiger partial charge in [0.15, 0.2) is 0 Å². The Balaban J connectivity index is 1.54. The third kappa shape index (κ3) is 3.61. The predicted molar refractivity (Wildman–Crippen MR) is 88.6 cm³/mol. The number of benzene rings is 2. The summed E-state index contributed by atoms with van der Waals surface area (Å²) in [4.78, 5) is 12.0. The van der Waals surface area contributed by atoms with Crippen LogP contribution in [0.5, 0.6) is 0 Å². The molecule has 2 aromatic carbocycles. The Morgan fingerprint density at radius 1 is 1.18 bits per heavy atom. The van der Waals surface area contributed by atoms with E-state index in [-0.39, 0.29) is 11.7 Å². The van der Waals surface area contributed by atoms with Gasteiger partial charge in [-0.1, -0.05) is 18.2 Å². The third-order valence-electron chi connectivity index (χ3n) is 2.98. The van der Waals surface area contributed by atoms with Crippen molar-refractivity contribution in [2.45, 2.75) is 5.75 Å². The fraction of sp³-hybridized carbons (Fsp3) is 0.133. The second-order valence-corrected chi connectivity index (χ2v) is 6.12. The highest BCUT2D eigenvalue weighted by Gasteiger charge is 2.08. The lowest BCUT2D eigenvalue weighted by Gasteiger charge is -2.05. The number of nitrogens with zero attached hydrogens (tertiary/aromatic N) is 2. The molecule has 0 aliphatic carbocycles. The molecule has 3 rings (SSSR count). The fourth-order valence-corrected chi connectivity index (χ4v) is 3.27. The van der Waals surface area contributed by atoms with E-state index >= 15 is 0 Å². The molecule has 0 spiro atoms. The molecule has 0 aliphatic rings. The van der Waals surface area contributed by atoms with Crippen LogP contribution in [-0.4, -0.2) is 20.4 Å². The van der Waals surface area contributed by atoms with Crippen molar-refractivity contribution in [1.82, 2.24) is 8.75 Å². The molecule has 1 aromatic heterocycles. The van der Waals surface area contributed by atoms with Gasteiger partial charge in [0.25, 0.3) is 0 Å². The van der Waals surface area contributed by atoms with E-state index in [4.69, 9.17) is 0 Å². The van der Waals surface area contributed by atoms with E-state index in [2.05, 4.69) is 14.1 Å². The molecule has 7 heteroatoms.